The third kappa shape index (κ3) is 8.28. The summed E-state index contributed by atoms with van der Waals surface area (Å²) in [7, 11) is 0. The molecule has 4 rings (SSSR count). The first-order valence-electron chi connectivity index (χ1n) is 14.9. The number of nitrogens with one attached hydrogen (secondary N) is 2. The largest absolute Gasteiger partial charge is 0.490 e. The number of esters is 1. The van der Waals surface area contributed by atoms with Crippen LogP contribution >= 0.6 is 0 Å². The summed E-state index contributed by atoms with van der Waals surface area (Å²) in [5, 5.41) is 15.1. The molecule has 3 N–H and O–H groups in total. The second kappa shape index (κ2) is 14.2. The molecule has 2 aliphatic rings. The number of likely N-dealkylation sites (tertiary alicyclic amines) is 1. The van der Waals surface area contributed by atoms with E-state index in [-0.39, 0.29) is 23.1 Å². The Labute approximate surface area is 250 Å². The number of nitrogens with zero attached hydrogens (tertiary/aromatic N) is 1. The lowest BCUT2D eigenvalue weighted by atomic mass is 9.80. The topological polar surface area (TPSA) is 108 Å². The Hall–Kier alpha value is -3.60. The van der Waals surface area contributed by atoms with Gasteiger partial charge in [0.1, 0.15) is 0 Å². The van der Waals surface area contributed by atoms with Gasteiger partial charge in [0.05, 0.1) is 12.0 Å². The highest BCUT2D eigenvalue weighted by Crippen LogP contribution is 2.39. The summed E-state index contributed by atoms with van der Waals surface area (Å²) in [6.45, 7) is 3.90. The zero-order valence-corrected chi connectivity index (χ0v) is 24.3. The van der Waals surface area contributed by atoms with Gasteiger partial charge >= 0.3 is 24.1 Å². The molecular formula is C32H40F3N3O5. The third-order valence-electron chi connectivity index (χ3n) is 8.74. The number of amides is 2. The average Bonchev–Trinajstić information content (AvgIpc) is 2.99. The fourth-order valence-corrected chi connectivity index (χ4v) is 6.39. The number of aliphatic carboxylic acids is 1. The zero-order valence-electron chi connectivity index (χ0n) is 24.3. The highest BCUT2D eigenvalue weighted by Gasteiger charge is 2.51. The summed E-state index contributed by atoms with van der Waals surface area (Å²) in [6.07, 6.45) is 0.713. The Morgan fingerprint density at radius 2 is 1.53 bits per heavy atom. The molecule has 43 heavy (non-hydrogen) atoms. The Kier molecular flexibility index (Phi) is 10.7. The number of halogens is 3. The zero-order chi connectivity index (χ0) is 31.0. The van der Waals surface area contributed by atoms with Gasteiger partial charge in [0.15, 0.2) is 5.60 Å². The normalized spacial score (nSPS) is 22.3. The summed E-state index contributed by atoms with van der Waals surface area (Å²) >= 11 is 0. The van der Waals surface area contributed by atoms with Crippen LogP contribution in [-0.2, 0) is 19.9 Å². The van der Waals surface area contributed by atoms with Crippen molar-refractivity contribution in [2.24, 2.45) is 11.8 Å². The lowest BCUT2D eigenvalue weighted by molar-refractivity contribution is -0.213. The van der Waals surface area contributed by atoms with Crippen LogP contribution in [0, 0.1) is 11.8 Å². The fourth-order valence-electron chi connectivity index (χ4n) is 6.39. The molecule has 1 aliphatic carbocycles. The monoisotopic (exact) mass is 603 g/mol. The van der Waals surface area contributed by atoms with Crippen molar-refractivity contribution in [3.63, 3.8) is 0 Å². The van der Waals surface area contributed by atoms with Crippen LogP contribution in [-0.4, -0.2) is 65.9 Å². The van der Waals surface area contributed by atoms with Gasteiger partial charge in [-0.25, -0.2) is 9.59 Å². The van der Waals surface area contributed by atoms with E-state index in [4.69, 9.17) is 4.74 Å². The van der Waals surface area contributed by atoms with Crippen molar-refractivity contribution in [3.8, 4) is 0 Å². The first kappa shape index (κ1) is 32.3. The number of hydrogen-bond acceptors (Lipinski definition) is 5. The molecule has 11 heteroatoms. The van der Waals surface area contributed by atoms with E-state index in [0.717, 1.165) is 58.0 Å². The van der Waals surface area contributed by atoms with Gasteiger partial charge in [0.2, 0.25) is 0 Å². The lowest BCUT2D eigenvalue weighted by Gasteiger charge is -2.40. The van der Waals surface area contributed by atoms with Crippen molar-refractivity contribution in [3.05, 3.63) is 71.8 Å². The molecule has 1 aliphatic heterocycles. The molecule has 2 atom stereocenters. The molecule has 1 saturated heterocycles. The SMILES string of the molecule is C[C@@H](NC(=O)N[C@H]1CC[C@H](CCN2CCCC(C(=O)O)C2)CC1)C(OC(=O)C(F)(F)F)(c1ccccc1)c1ccccc1. The van der Waals surface area contributed by atoms with Crippen molar-refractivity contribution in [2.75, 3.05) is 19.6 Å². The maximum atomic E-state index is 13.5. The van der Waals surface area contributed by atoms with Gasteiger partial charge in [-0.1, -0.05) is 60.7 Å². The van der Waals surface area contributed by atoms with Crippen molar-refractivity contribution >= 4 is 18.0 Å². The Balaban J connectivity index is 1.39. The Morgan fingerprint density at radius 1 is 0.953 bits per heavy atom. The number of carbonyl (C=O) groups excluding carboxylic acids is 2. The van der Waals surface area contributed by atoms with Crippen molar-refractivity contribution in [2.45, 2.75) is 75.7 Å². The van der Waals surface area contributed by atoms with E-state index in [1.807, 2.05) is 0 Å². The minimum Gasteiger partial charge on any atom is -0.481 e. The van der Waals surface area contributed by atoms with E-state index in [1.54, 1.807) is 60.7 Å². The van der Waals surface area contributed by atoms with Gasteiger partial charge in [-0.05, 0) is 70.9 Å². The minimum absolute atomic E-state index is 0.101. The van der Waals surface area contributed by atoms with Crippen LogP contribution in [0.25, 0.3) is 0 Å². The molecule has 0 aromatic heterocycles. The average molecular weight is 604 g/mol. The molecule has 1 heterocycles. The standard InChI is InChI=1S/C32H40F3N3O5/c1-22(31(25-10-4-2-5-11-25,26-12-6-3-7-13-26)43-29(41)32(33,34)35)36-30(42)37-27-16-14-23(15-17-27)18-20-38-19-8-9-24(21-38)28(39)40/h2-7,10-13,22-24,27H,8-9,14-21H2,1H3,(H,39,40)(H2,36,37,42)/t22-,23-,24?,27-/m1/s1. The fraction of sp³-hybridized carbons (Fsp3) is 0.531. The van der Waals surface area contributed by atoms with E-state index in [9.17, 15) is 32.7 Å². The first-order valence-corrected chi connectivity index (χ1v) is 14.9. The maximum absolute atomic E-state index is 13.5. The van der Waals surface area contributed by atoms with Crippen molar-refractivity contribution in [1.29, 1.82) is 0 Å². The number of hydrogen-bond donors (Lipinski definition) is 3. The summed E-state index contributed by atoms with van der Waals surface area (Å²) in [5.74, 6) is -2.90. The number of urea groups is 1. The van der Waals surface area contributed by atoms with Gasteiger partial charge in [0, 0.05) is 23.7 Å². The lowest BCUT2D eigenvalue weighted by Crippen LogP contribution is -2.56. The van der Waals surface area contributed by atoms with E-state index in [2.05, 4.69) is 15.5 Å². The second-order valence-corrected chi connectivity index (χ2v) is 11.7. The molecule has 8 nitrogen and oxygen atoms in total. The number of ether oxygens (including phenoxy) is 1. The predicted molar refractivity (Wildman–Crippen MR) is 154 cm³/mol. The molecule has 2 aromatic rings. The summed E-state index contributed by atoms with van der Waals surface area (Å²) in [5.41, 5.74) is -1.37. The Bertz CT molecular complexity index is 1180. The highest BCUT2D eigenvalue weighted by atomic mass is 19.4. The molecule has 1 saturated carbocycles. The first-order chi connectivity index (χ1) is 20.5. The van der Waals surface area contributed by atoms with Crippen LogP contribution in [0.4, 0.5) is 18.0 Å². The van der Waals surface area contributed by atoms with Crippen LogP contribution in [0.1, 0.15) is 63.0 Å². The second-order valence-electron chi connectivity index (χ2n) is 11.7. The number of carboxylic acids is 1. The number of piperidine rings is 1. The molecule has 0 radical (unpaired) electrons. The summed E-state index contributed by atoms with van der Waals surface area (Å²) in [6, 6.07) is 14.5. The predicted octanol–water partition coefficient (Wildman–Crippen LogP) is 5.47. The van der Waals surface area contributed by atoms with Crippen LogP contribution in [0.5, 0.6) is 0 Å². The molecule has 0 spiro atoms. The van der Waals surface area contributed by atoms with E-state index >= 15 is 0 Å². The quantitative estimate of drug-likeness (QED) is 0.311. The molecule has 234 valence electrons. The van der Waals surface area contributed by atoms with E-state index in [0.29, 0.717) is 12.5 Å². The van der Waals surface area contributed by atoms with Crippen LogP contribution < -0.4 is 10.6 Å². The molecule has 2 amide bonds. The molecule has 2 fully saturated rings. The molecule has 2 aromatic carbocycles. The number of benzene rings is 2. The van der Waals surface area contributed by atoms with Gasteiger partial charge in [0.25, 0.3) is 0 Å². The van der Waals surface area contributed by atoms with Crippen molar-refractivity contribution < 1.29 is 37.4 Å². The summed E-state index contributed by atoms with van der Waals surface area (Å²) < 4.78 is 45.8. The van der Waals surface area contributed by atoms with Gasteiger partial charge < -0.3 is 25.4 Å². The van der Waals surface area contributed by atoms with E-state index in [1.165, 1.54) is 6.92 Å². The molecule has 0 bridgehead atoms. The number of rotatable bonds is 10. The van der Waals surface area contributed by atoms with Gasteiger partial charge in [-0.3, -0.25) is 4.79 Å². The van der Waals surface area contributed by atoms with Gasteiger partial charge in [-0.2, -0.15) is 13.2 Å². The van der Waals surface area contributed by atoms with E-state index < -0.39 is 35.8 Å². The maximum Gasteiger partial charge on any atom is 0.490 e. The minimum atomic E-state index is -5.23. The summed E-state index contributed by atoms with van der Waals surface area (Å²) in [4.78, 5) is 39.0. The number of alkyl halides is 3. The molecule has 1 unspecified atom stereocenters. The van der Waals surface area contributed by atoms with Crippen LogP contribution in [0.3, 0.4) is 0 Å². The molecular weight excluding hydrogens is 563 g/mol. The number of carboxylic acid groups (broad SMARTS) is 1. The van der Waals surface area contributed by atoms with Gasteiger partial charge in [-0.15, -0.1) is 0 Å². The Morgan fingerprint density at radius 3 is 2.07 bits per heavy atom. The number of carbonyl (C=O) groups is 3. The van der Waals surface area contributed by atoms with Crippen molar-refractivity contribution in [1.82, 2.24) is 15.5 Å². The van der Waals surface area contributed by atoms with Crippen LogP contribution in [0.15, 0.2) is 60.7 Å². The highest BCUT2D eigenvalue weighted by molar-refractivity contribution is 5.78. The third-order valence-corrected chi connectivity index (χ3v) is 8.74. The smallest absolute Gasteiger partial charge is 0.481 e. The van der Waals surface area contributed by atoms with Crippen LogP contribution in [0.2, 0.25) is 0 Å².